The van der Waals surface area contributed by atoms with Crippen LogP contribution in [-0.2, 0) is 6.54 Å². The summed E-state index contributed by atoms with van der Waals surface area (Å²) in [6, 6.07) is 6.22. The maximum Gasteiger partial charge on any atom is 0.0638 e. The van der Waals surface area contributed by atoms with Crippen molar-refractivity contribution in [3.05, 3.63) is 47.0 Å². The van der Waals surface area contributed by atoms with E-state index >= 15 is 0 Å². The van der Waals surface area contributed by atoms with E-state index in [0.717, 1.165) is 23.6 Å². The Kier molecular flexibility index (Phi) is 3.54. The van der Waals surface area contributed by atoms with Gasteiger partial charge in [0.2, 0.25) is 0 Å². The molecule has 2 aromatic rings. The minimum Gasteiger partial charge on any atom is -0.305 e. The smallest absolute Gasteiger partial charge is 0.0638 e. The molecule has 17 heavy (non-hydrogen) atoms. The van der Waals surface area contributed by atoms with Gasteiger partial charge in [-0.2, -0.15) is 5.10 Å². The van der Waals surface area contributed by atoms with Gasteiger partial charge in [0.05, 0.1) is 11.4 Å². The van der Waals surface area contributed by atoms with Gasteiger partial charge in [0, 0.05) is 30.0 Å². The predicted molar refractivity (Wildman–Crippen MR) is 67.6 cm³/mol. The summed E-state index contributed by atoms with van der Waals surface area (Å²) in [6.45, 7) is 6.99. The van der Waals surface area contributed by atoms with Crippen molar-refractivity contribution in [2.45, 2.75) is 33.4 Å². The number of nitrogens with one attached hydrogen (secondary N) is 2. The number of rotatable bonds is 4. The molecule has 0 saturated carbocycles. The standard InChI is InChI=1S/C13H18N4/c1-9-12(10(2)17-16-9)8-15-11(3)13-6-4-5-7-14-13/h4-7,11,15H,8H2,1-3H3,(H,16,17)/t11-/m0/s1. The second-order valence-corrected chi connectivity index (χ2v) is 4.27. The van der Waals surface area contributed by atoms with E-state index in [4.69, 9.17) is 0 Å². The molecule has 2 rings (SSSR count). The Bertz CT molecular complexity index is 456. The molecule has 0 aliphatic rings. The lowest BCUT2D eigenvalue weighted by Gasteiger charge is -2.13. The molecule has 0 aliphatic carbocycles. The Morgan fingerprint density at radius 1 is 1.35 bits per heavy atom. The van der Waals surface area contributed by atoms with Crippen molar-refractivity contribution in [2.75, 3.05) is 0 Å². The summed E-state index contributed by atoms with van der Waals surface area (Å²) in [7, 11) is 0. The Labute approximate surface area is 101 Å². The molecule has 0 spiro atoms. The Morgan fingerprint density at radius 2 is 2.18 bits per heavy atom. The van der Waals surface area contributed by atoms with Gasteiger partial charge in [0.25, 0.3) is 0 Å². The van der Waals surface area contributed by atoms with E-state index in [9.17, 15) is 0 Å². The van der Waals surface area contributed by atoms with Crippen molar-refractivity contribution in [1.29, 1.82) is 0 Å². The van der Waals surface area contributed by atoms with E-state index in [1.165, 1.54) is 5.56 Å². The maximum absolute atomic E-state index is 4.34. The lowest BCUT2D eigenvalue weighted by atomic mass is 10.1. The molecule has 0 amide bonds. The third kappa shape index (κ3) is 2.71. The first-order chi connectivity index (χ1) is 8.18. The van der Waals surface area contributed by atoms with Crippen LogP contribution in [0.1, 0.15) is 35.6 Å². The van der Waals surface area contributed by atoms with Crippen LogP contribution in [-0.4, -0.2) is 15.2 Å². The molecule has 0 saturated heterocycles. The summed E-state index contributed by atoms with van der Waals surface area (Å²) in [6.07, 6.45) is 1.82. The summed E-state index contributed by atoms with van der Waals surface area (Å²) in [4.78, 5) is 4.34. The van der Waals surface area contributed by atoms with E-state index in [1.54, 1.807) is 0 Å². The molecule has 2 N–H and O–H groups in total. The van der Waals surface area contributed by atoms with Crippen LogP contribution in [0.15, 0.2) is 24.4 Å². The molecule has 0 unspecified atom stereocenters. The lowest BCUT2D eigenvalue weighted by Crippen LogP contribution is -2.19. The Balaban J connectivity index is 1.99. The molecular weight excluding hydrogens is 212 g/mol. The van der Waals surface area contributed by atoms with Crippen LogP contribution in [0.4, 0.5) is 0 Å². The topological polar surface area (TPSA) is 53.6 Å². The van der Waals surface area contributed by atoms with Crippen LogP contribution in [0.5, 0.6) is 0 Å². The van der Waals surface area contributed by atoms with Gasteiger partial charge in [-0.1, -0.05) is 6.07 Å². The fraction of sp³-hybridized carbons (Fsp3) is 0.385. The minimum absolute atomic E-state index is 0.241. The zero-order valence-electron chi connectivity index (χ0n) is 10.5. The van der Waals surface area contributed by atoms with E-state index in [2.05, 4.69) is 27.4 Å². The molecule has 1 atom stereocenters. The fourth-order valence-corrected chi connectivity index (χ4v) is 1.83. The number of aryl methyl sites for hydroxylation is 2. The summed E-state index contributed by atoms with van der Waals surface area (Å²) in [5.74, 6) is 0. The number of H-pyrrole nitrogens is 1. The number of nitrogens with zero attached hydrogens (tertiary/aromatic N) is 2. The molecular formula is C13H18N4. The highest BCUT2D eigenvalue weighted by molar-refractivity contribution is 5.23. The molecule has 2 aromatic heterocycles. The van der Waals surface area contributed by atoms with Crippen LogP contribution in [0.3, 0.4) is 0 Å². The largest absolute Gasteiger partial charge is 0.305 e. The van der Waals surface area contributed by atoms with Crippen molar-refractivity contribution in [2.24, 2.45) is 0 Å². The van der Waals surface area contributed by atoms with Crippen LogP contribution >= 0.6 is 0 Å². The van der Waals surface area contributed by atoms with Gasteiger partial charge in [-0.3, -0.25) is 10.1 Å². The van der Waals surface area contributed by atoms with Crippen molar-refractivity contribution >= 4 is 0 Å². The van der Waals surface area contributed by atoms with Gasteiger partial charge >= 0.3 is 0 Å². The average Bonchev–Trinajstić information content (AvgIpc) is 2.67. The van der Waals surface area contributed by atoms with Crippen LogP contribution < -0.4 is 5.32 Å². The molecule has 2 heterocycles. The van der Waals surface area contributed by atoms with E-state index < -0.39 is 0 Å². The van der Waals surface area contributed by atoms with Gasteiger partial charge in [-0.15, -0.1) is 0 Å². The van der Waals surface area contributed by atoms with Gasteiger partial charge in [-0.05, 0) is 32.9 Å². The molecule has 0 bridgehead atoms. The number of hydrogen-bond acceptors (Lipinski definition) is 3. The normalized spacial score (nSPS) is 12.6. The summed E-state index contributed by atoms with van der Waals surface area (Å²) >= 11 is 0. The van der Waals surface area contributed by atoms with Crippen molar-refractivity contribution in [3.8, 4) is 0 Å². The first-order valence-electron chi connectivity index (χ1n) is 5.83. The first-order valence-corrected chi connectivity index (χ1v) is 5.83. The van der Waals surface area contributed by atoms with Crippen molar-refractivity contribution in [1.82, 2.24) is 20.5 Å². The van der Waals surface area contributed by atoms with Gasteiger partial charge in [-0.25, -0.2) is 0 Å². The lowest BCUT2D eigenvalue weighted by molar-refractivity contribution is 0.559. The monoisotopic (exact) mass is 230 g/mol. The number of aromatic nitrogens is 3. The Morgan fingerprint density at radius 3 is 2.76 bits per heavy atom. The minimum atomic E-state index is 0.241. The quantitative estimate of drug-likeness (QED) is 0.847. The number of hydrogen-bond donors (Lipinski definition) is 2. The van der Waals surface area contributed by atoms with Crippen molar-refractivity contribution < 1.29 is 0 Å². The molecule has 0 fully saturated rings. The SMILES string of the molecule is Cc1n[nH]c(C)c1CN[C@@H](C)c1ccccn1. The third-order valence-corrected chi connectivity index (χ3v) is 3.00. The van der Waals surface area contributed by atoms with Crippen LogP contribution in [0.25, 0.3) is 0 Å². The molecule has 0 radical (unpaired) electrons. The zero-order chi connectivity index (χ0) is 12.3. The molecule has 0 aliphatic heterocycles. The second-order valence-electron chi connectivity index (χ2n) is 4.27. The van der Waals surface area contributed by atoms with E-state index in [0.29, 0.717) is 0 Å². The summed E-state index contributed by atoms with van der Waals surface area (Å²) < 4.78 is 0. The van der Waals surface area contributed by atoms with Crippen LogP contribution in [0, 0.1) is 13.8 Å². The third-order valence-electron chi connectivity index (χ3n) is 3.00. The molecule has 4 heteroatoms. The van der Waals surface area contributed by atoms with Crippen LogP contribution in [0.2, 0.25) is 0 Å². The highest BCUT2D eigenvalue weighted by Crippen LogP contribution is 2.13. The van der Waals surface area contributed by atoms with Gasteiger partial charge in [0.15, 0.2) is 0 Å². The molecule has 0 aromatic carbocycles. The second kappa shape index (κ2) is 5.10. The number of pyridine rings is 1. The number of aromatic amines is 1. The Hall–Kier alpha value is -1.68. The van der Waals surface area contributed by atoms with E-state index in [1.807, 2.05) is 38.2 Å². The maximum atomic E-state index is 4.34. The highest BCUT2D eigenvalue weighted by Gasteiger charge is 2.09. The molecule has 90 valence electrons. The predicted octanol–water partition coefficient (Wildman–Crippen LogP) is 2.27. The van der Waals surface area contributed by atoms with E-state index in [-0.39, 0.29) is 6.04 Å². The van der Waals surface area contributed by atoms with Gasteiger partial charge in [0.1, 0.15) is 0 Å². The van der Waals surface area contributed by atoms with Crippen molar-refractivity contribution in [3.63, 3.8) is 0 Å². The zero-order valence-corrected chi connectivity index (χ0v) is 10.5. The first kappa shape index (κ1) is 11.8. The average molecular weight is 230 g/mol. The summed E-state index contributed by atoms with van der Waals surface area (Å²) in [5.41, 5.74) is 4.49. The fourth-order valence-electron chi connectivity index (χ4n) is 1.83. The highest BCUT2D eigenvalue weighted by atomic mass is 15.1. The summed E-state index contributed by atoms with van der Waals surface area (Å²) in [5, 5.41) is 10.6. The molecule has 4 nitrogen and oxygen atoms in total. The van der Waals surface area contributed by atoms with Gasteiger partial charge < -0.3 is 5.32 Å².